The molecule has 2 heteroatoms. The molecule has 0 radical (unpaired) electrons. The molecular formula is C7H17NO. The lowest BCUT2D eigenvalue weighted by Crippen LogP contribution is -2.18. The third-order valence-corrected chi connectivity index (χ3v) is 1.38. The van der Waals surface area contributed by atoms with Gasteiger partial charge in [-0.2, -0.15) is 0 Å². The summed E-state index contributed by atoms with van der Waals surface area (Å²) in [5.41, 5.74) is 0. The van der Waals surface area contributed by atoms with Crippen LogP contribution in [0.25, 0.3) is 0 Å². The largest absolute Gasteiger partial charge is 0.301 e. The molecule has 0 spiro atoms. The minimum absolute atomic E-state index is 0.255. The van der Waals surface area contributed by atoms with Gasteiger partial charge in [0.1, 0.15) is 0 Å². The van der Waals surface area contributed by atoms with Gasteiger partial charge in [0.15, 0.2) is 0 Å². The summed E-state index contributed by atoms with van der Waals surface area (Å²) < 4.78 is 0. The number of nitrogens with two attached hydrogens (primary N) is 1. The molecular weight excluding hydrogens is 114 g/mol. The van der Waals surface area contributed by atoms with Gasteiger partial charge in [-0.05, 0) is 18.8 Å². The molecule has 0 saturated carbocycles. The standard InChI is InChI=1S/C7H17NO/c1-4-7(9-8)5-6(2)3/h6-7H,4-5,8H2,1-3H3. The fourth-order valence-corrected chi connectivity index (χ4v) is 0.844. The Kier molecular flexibility index (Phi) is 4.72. The van der Waals surface area contributed by atoms with E-state index in [9.17, 15) is 0 Å². The molecule has 2 N–H and O–H groups in total. The van der Waals surface area contributed by atoms with E-state index in [1.54, 1.807) is 0 Å². The zero-order valence-corrected chi connectivity index (χ0v) is 6.55. The molecule has 0 aliphatic heterocycles. The Morgan fingerprint density at radius 3 is 2.11 bits per heavy atom. The highest BCUT2D eigenvalue weighted by molar-refractivity contribution is 4.56. The summed E-state index contributed by atoms with van der Waals surface area (Å²) in [6.45, 7) is 6.42. The maximum absolute atomic E-state index is 5.03. The van der Waals surface area contributed by atoms with E-state index < -0.39 is 0 Å². The van der Waals surface area contributed by atoms with Gasteiger partial charge < -0.3 is 4.84 Å². The van der Waals surface area contributed by atoms with E-state index in [1.807, 2.05) is 0 Å². The van der Waals surface area contributed by atoms with Crippen molar-refractivity contribution in [2.45, 2.75) is 39.7 Å². The monoisotopic (exact) mass is 131 g/mol. The summed E-state index contributed by atoms with van der Waals surface area (Å²) in [5.74, 6) is 5.71. The van der Waals surface area contributed by atoms with Crippen LogP contribution in [0.1, 0.15) is 33.6 Å². The maximum Gasteiger partial charge on any atom is 0.0787 e. The molecule has 9 heavy (non-hydrogen) atoms. The average Bonchev–Trinajstić information content (AvgIpc) is 1.82. The van der Waals surface area contributed by atoms with Crippen molar-refractivity contribution >= 4 is 0 Å². The minimum atomic E-state index is 0.255. The molecule has 0 heterocycles. The van der Waals surface area contributed by atoms with Gasteiger partial charge in [0.2, 0.25) is 0 Å². The van der Waals surface area contributed by atoms with Gasteiger partial charge in [-0.25, -0.2) is 5.90 Å². The van der Waals surface area contributed by atoms with Gasteiger partial charge in [0.05, 0.1) is 6.10 Å². The van der Waals surface area contributed by atoms with Crippen molar-refractivity contribution in [2.75, 3.05) is 0 Å². The van der Waals surface area contributed by atoms with E-state index in [-0.39, 0.29) is 6.10 Å². The Bertz CT molecular complexity index is 59.9. The first-order valence-corrected chi connectivity index (χ1v) is 3.56. The fourth-order valence-electron chi connectivity index (χ4n) is 0.844. The third kappa shape index (κ3) is 4.43. The van der Waals surface area contributed by atoms with E-state index in [1.165, 1.54) is 0 Å². The predicted octanol–water partition coefficient (Wildman–Crippen LogP) is 1.70. The highest BCUT2D eigenvalue weighted by Gasteiger charge is 2.06. The van der Waals surface area contributed by atoms with Crippen LogP contribution >= 0.6 is 0 Å². The second kappa shape index (κ2) is 4.77. The Morgan fingerprint density at radius 1 is 1.44 bits per heavy atom. The second-order valence-electron chi connectivity index (χ2n) is 2.80. The molecule has 0 aliphatic carbocycles. The molecule has 0 aromatic rings. The lowest BCUT2D eigenvalue weighted by molar-refractivity contribution is 0.0364. The van der Waals surface area contributed by atoms with Crippen molar-refractivity contribution in [2.24, 2.45) is 11.8 Å². The topological polar surface area (TPSA) is 35.2 Å². The molecule has 0 aromatic carbocycles. The van der Waals surface area contributed by atoms with Crippen LogP contribution < -0.4 is 5.90 Å². The van der Waals surface area contributed by atoms with E-state index >= 15 is 0 Å². The van der Waals surface area contributed by atoms with Crippen LogP contribution in [0.4, 0.5) is 0 Å². The summed E-state index contributed by atoms with van der Waals surface area (Å²) in [5, 5.41) is 0. The van der Waals surface area contributed by atoms with Crippen molar-refractivity contribution in [1.82, 2.24) is 0 Å². The zero-order chi connectivity index (χ0) is 7.28. The van der Waals surface area contributed by atoms with Gasteiger partial charge >= 0.3 is 0 Å². The van der Waals surface area contributed by atoms with Crippen molar-refractivity contribution in [1.29, 1.82) is 0 Å². The van der Waals surface area contributed by atoms with Gasteiger partial charge in [-0.15, -0.1) is 0 Å². The molecule has 1 atom stereocenters. The van der Waals surface area contributed by atoms with Gasteiger partial charge in [-0.1, -0.05) is 20.8 Å². The zero-order valence-electron chi connectivity index (χ0n) is 6.55. The molecule has 2 nitrogen and oxygen atoms in total. The first-order valence-electron chi connectivity index (χ1n) is 3.56. The maximum atomic E-state index is 5.03. The van der Waals surface area contributed by atoms with Gasteiger partial charge in [0, 0.05) is 0 Å². The van der Waals surface area contributed by atoms with Crippen LogP contribution in [0.15, 0.2) is 0 Å². The van der Waals surface area contributed by atoms with Crippen LogP contribution in [0.2, 0.25) is 0 Å². The van der Waals surface area contributed by atoms with Crippen LogP contribution in [-0.4, -0.2) is 6.10 Å². The predicted molar refractivity (Wildman–Crippen MR) is 38.8 cm³/mol. The Labute approximate surface area is 57.3 Å². The molecule has 1 unspecified atom stereocenters. The van der Waals surface area contributed by atoms with Gasteiger partial charge in [0.25, 0.3) is 0 Å². The van der Waals surface area contributed by atoms with E-state index in [2.05, 4.69) is 20.8 Å². The Morgan fingerprint density at radius 2 is 2.00 bits per heavy atom. The van der Waals surface area contributed by atoms with Crippen molar-refractivity contribution < 1.29 is 4.84 Å². The quantitative estimate of drug-likeness (QED) is 0.589. The fraction of sp³-hybridized carbons (Fsp3) is 1.00. The van der Waals surface area contributed by atoms with E-state index in [0.29, 0.717) is 5.92 Å². The number of hydrogen-bond donors (Lipinski definition) is 1. The number of rotatable bonds is 4. The lowest BCUT2D eigenvalue weighted by atomic mass is 10.0. The minimum Gasteiger partial charge on any atom is -0.301 e. The summed E-state index contributed by atoms with van der Waals surface area (Å²) in [4.78, 5) is 4.71. The molecule has 0 bridgehead atoms. The van der Waals surface area contributed by atoms with Crippen molar-refractivity contribution in [3.63, 3.8) is 0 Å². The second-order valence-corrected chi connectivity index (χ2v) is 2.80. The third-order valence-electron chi connectivity index (χ3n) is 1.38. The Hall–Kier alpha value is -0.0800. The highest BCUT2D eigenvalue weighted by Crippen LogP contribution is 2.08. The highest BCUT2D eigenvalue weighted by atomic mass is 16.6. The van der Waals surface area contributed by atoms with E-state index in [0.717, 1.165) is 12.8 Å². The molecule has 0 saturated heterocycles. The van der Waals surface area contributed by atoms with Crippen LogP contribution in [-0.2, 0) is 4.84 Å². The van der Waals surface area contributed by atoms with Crippen LogP contribution in [0, 0.1) is 5.92 Å². The number of hydrogen-bond acceptors (Lipinski definition) is 2. The molecule has 0 rings (SSSR count). The molecule has 0 amide bonds. The van der Waals surface area contributed by atoms with Crippen LogP contribution in [0.3, 0.4) is 0 Å². The molecule has 56 valence electrons. The summed E-state index contributed by atoms with van der Waals surface area (Å²) in [6.07, 6.45) is 2.33. The summed E-state index contributed by atoms with van der Waals surface area (Å²) >= 11 is 0. The first-order chi connectivity index (χ1) is 4.20. The SMILES string of the molecule is CCC(CC(C)C)ON. The average molecular weight is 131 g/mol. The molecule has 0 aliphatic rings. The van der Waals surface area contributed by atoms with Crippen molar-refractivity contribution in [3.05, 3.63) is 0 Å². The van der Waals surface area contributed by atoms with Crippen molar-refractivity contribution in [3.8, 4) is 0 Å². The summed E-state index contributed by atoms with van der Waals surface area (Å²) in [7, 11) is 0. The first kappa shape index (κ1) is 8.92. The summed E-state index contributed by atoms with van der Waals surface area (Å²) in [6, 6.07) is 0. The lowest BCUT2D eigenvalue weighted by Gasteiger charge is -2.13. The smallest absolute Gasteiger partial charge is 0.0787 e. The Balaban J connectivity index is 3.31. The molecule has 0 aromatic heterocycles. The van der Waals surface area contributed by atoms with Crippen LogP contribution in [0.5, 0.6) is 0 Å². The molecule has 0 fully saturated rings. The van der Waals surface area contributed by atoms with E-state index in [4.69, 9.17) is 10.7 Å². The van der Waals surface area contributed by atoms with Gasteiger partial charge in [-0.3, -0.25) is 0 Å². The normalized spacial score (nSPS) is 14.3.